The van der Waals surface area contributed by atoms with Crippen molar-refractivity contribution in [2.45, 2.75) is 24.5 Å². The first kappa shape index (κ1) is 15.9. The lowest BCUT2D eigenvalue weighted by atomic mass is 9.96. The molecule has 2 heterocycles. The van der Waals surface area contributed by atoms with Gasteiger partial charge in [0.25, 0.3) is 5.91 Å². The second kappa shape index (κ2) is 6.66. The molecule has 23 heavy (non-hydrogen) atoms. The van der Waals surface area contributed by atoms with Gasteiger partial charge in [-0.1, -0.05) is 30.3 Å². The standard InChI is InChI=1S/C16H21N3O4/c1-22-11-23-9-13-7-16(14(20)17-15(21)18-16)10-19(13)8-12-5-3-2-4-6-12/h2-6,13H,7-11H2,1H3,(H2,17,18,20,21)/t13-,16+/m0/s1. The number of hydrogen-bond acceptors (Lipinski definition) is 5. The van der Waals surface area contributed by atoms with Crippen molar-refractivity contribution < 1.29 is 19.1 Å². The Kier molecular flexibility index (Phi) is 4.61. The van der Waals surface area contributed by atoms with Crippen LogP contribution in [0.4, 0.5) is 4.79 Å². The number of rotatable bonds is 6. The van der Waals surface area contributed by atoms with E-state index in [9.17, 15) is 9.59 Å². The highest BCUT2D eigenvalue weighted by Crippen LogP contribution is 2.31. The number of benzene rings is 1. The van der Waals surface area contributed by atoms with Crippen molar-refractivity contribution >= 4 is 11.9 Å². The van der Waals surface area contributed by atoms with E-state index in [1.807, 2.05) is 30.3 Å². The number of carbonyl (C=O) groups is 2. The zero-order chi connectivity index (χ0) is 16.3. The van der Waals surface area contributed by atoms with E-state index in [4.69, 9.17) is 9.47 Å². The highest BCUT2D eigenvalue weighted by Gasteiger charge is 2.54. The van der Waals surface area contributed by atoms with E-state index in [-0.39, 0.29) is 18.7 Å². The molecule has 2 atom stereocenters. The molecule has 1 aromatic carbocycles. The zero-order valence-corrected chi connectivity index (χ0v) is 13.1. The molecular weight excluding hydrogens is 298 g/mol. The van der Waals surface area contributed by atoms with Crippen LogP contribution in [0.1, 0.15) is 12.0 Å². The van der Waals surface area contributed by atoms with Gasteiger partial charge in [-0.15, -0.1) is 0 Å². The molecule has 124 valence electrons. The van der Waals surface area contributed by atoms with Crippen LogP contribution < -0.4 is 10.6 Å². The highest BCUT2D eigenvalue weighted by atomic mass is 16.7. The van der Waals surface area contributed by atoms with E-state index in [1.54, 1.807) is 7.11 Å². The zero-order valence-electron chi connectivity index (χ0n) is 13.1. The van der Waals surface area contributed by atoms with Crippen LogP contribution in [0.25, 0.3) is 0 Å². The van der Waals surface area contributed by atoms with Gasteiger partial charge in [0.05, 0.1) is 6.61 Å². The van der Waals surface area contributed by atoms with Crippen molar-refractivity contribution in [3.05, 3.63) is 35.9 Å². The molecule has 2 fully saturated rings. The van der Waals surface area contributed by atoms with E-state index in [0.29, 0.717) is 26.1 Å². The Bertz CT molecular complexity index is 580. The summed E-state index contributed by atoms with van der Waals surface area (Å²) < 4.78 is 10.4. The van der Waals surface area contributed by atoms with Crippen LogP contribution in [0, 0.1) is 0 Å². The Morgan fingerprint density at radius 2 is 2.09 bits per heavy atom. The predicted octanol–water partition coefficient (Wildman–Crippen LogP) is 0.460. The summed E-state index contributed by atoms with van der Waals surface area (Å²) in [6, 6.07) is 9.65. The molecule has 2 saturated heterocycles. The average Bonchev–Trinajstić information content (AvgIpc) is 3.00. The number of methoxy groups -OCH3 is 1. The molecule has 3 rings (SSSR count). The molecule has 2 N–H and O–H groups in total. The van der Waals surface area contributed by atoms with Gasteiger partial charge in [0, 0.05) is 26.2 Å². The molecule has 1 spiro atoms. The smallest absolute Gasteiger partial charge is 0.322 e. The maximum absolute atomic E-state index is 12.2. The second-order valence-corrected chi connectivity index (χ2v) is 6.02. The van der Waals surface area contributed by atoms with Gasteiger partial charge in [-0.3, -0.25) is 15.0 Å². The van der Waals surface area contributed by atoms with E-state index in [0.717, 1.165) is 5.56 Å². The van der Waals surface area contributed by atoms with Crippen LogP contribution in [0.2, 0.25) is 0 Å². The molecule has 2 aliphatic heterocycles. The second-order valence-electron chi connectivity index (χ2n) is 6.02. The van der Waals surface area contributed by atoms with E-state index >= 15 is 0 Å². The van der Waals surface area contributed by atoms with Crippen molar-refractivity contribution in [2.24, 2.45) is 0 Å². The highest BCUT2D eigenvalue weighted by molar-refractivity contribution is 6.07. The van der Waals surface area contributed by atoms with Crippen LogP contribution in [-0.4, -0.2) is 55.5 Å². The van der Waals surface area contributed by atoms with Gasteiger partial charge in [0.1, 0.15) is 12.3 Å². The first-order valence-corrected chi connectivity index (χ1v) is 7.61. The molecular formula is C16H21N3O4. The molecule has 0 aromatic heterocycles. The van der Waals surface area contributed by atoms with Crippen molar-refractivity contribution in [1.82, 2.24) is 15.5 Å². The molecule has 1 aromatic rings. The first-order valence-electron chi connectivity index (χ1n) is 7.61. The summed E-state index contributed by atoms with van der Waals surface area (Å²) in [6.45, 7) is 1.83. The number of imide groups is 1. The van der Waals surface area contributed by atoms with Crippen LogP contribution in [0.5, 0.6) is 0 Å². The predicted molar refractivity (Wildman–Crippen MR) is 82.5 cm³/mol. The largest absolute Gasteiger partial charge is 0.359 e. The van der Waals surface area contributed by atoms with Crippen LogP contribution >= 0.6 is 0 Å². The first-order chi connectivity index (χ1) is 11.1. The van der Waals surface area contributed by atoms with Crippen LogP contribution in [0.15, 0.2) is 30.3 Å². The number of urea groups is 1. The molecule has 0 saturated carbocycles. The molecule has 0 unspecified atom stereocenters. The van der Waals surface area contributed by atoms with Crippen molar-refractivity contribution in [3.8, 4) is 0 Å². The molecule has 0 radical (unpaired) electrons. The summed E-state index contributed by atoms with van der Waals surface area (Å²) >= 11 is 0. The third-order valence-corrected chi connectivity index (χ3v) is 4.33. The molecule has 0 bridgehead atoms. The molecule has 7 nitrogen and oxygen atoms in total. The van der Waals surface area contributed by atoms with Crippen molar-refractivity contribution in [2.75, 3.05) is 27.1 Å². The molecule has 3 amide bonds. The van der Waals surface area contributed by atoms with E-state index in [2.05, 4.69) is 15.5 Å². The number of nitrogens with zero attached hydrogens (tertiary/aromatic N) is 1. The van der Waals surface area contributed by atoms with Gasteiger partial charge in [-0.05, 0) is 12.0 Å². The number of amides is 3. The number of likely N-dealkylation sites (tertiary alicyclic amines) is 1. The summed E-state index contributed by atoms with van der Waals surface area (Å²) in [6.07, 6.45) is 0.529. The van der Waals surface area contributed by atoms with Crippen molar-refractivity contribution in [1.29, 1.82) is 0 Å². The fraction of sp³-hybridized carbons (Fsp3) is 0.500. The third-order valence-electron chi connectivity index (χ3n) is 4.33. The van der Waals surface area contributed by atoms with Crippen LogP contribution in [0.3, 0.4) is 0 Å². The summed E-state index contributed by atoms with van der Waals surface area (Å²) in [5, 5.41) is 5.13. The number of nitrogens with one attached hydrogen (secondary N) is 2. The minimum atomic E-state index is -0.854. The maximum atomic E-state index is 12.2. The Labute approximate surface area is 134 Å². The maximum Gasteiger partial charge on any atom is 0.322 e. The third kappa shape index (κ3) is 3.36. The van der Waals surface area contributed by atoms with E-state index < -0.39 is 11.6 Å². The van der Waals surface area contributed by atoms with E-state index in [1.165, 1.54) is 0 Å². The lowest BCUT2D eigenvalue weighted by Crippen LogP contribution is -2.48. The molecule has 0 aliphatic carbocycles. The number of carbonyl (C=O) groups excluding carboxylic acids is 2. The summed E-state index contributed by atoms with van der Waals surface area (Å²) in [5.74, 6) is -0.255. The van der Waals surface area contributed by atoms with Crippen molar-refractivity contribution in [3.63, 3.8) is 0 Å². The number of hydrogen-bond donors (Lipinski definition) is 2. The Morgan fingerprint density at radius 1 is 1.30 bits per heavy atom. The monoisotopic (exact) mass is 319 g/mol. The Morgan fingerprint density at radius 3 is 2.74 bits per heavy atom. The fourth-order valence-electron chi connectivity index (χ4n) is 3.29. The van der Waals surface area contributed by atoms with Gasteiger partial charge >= 0.3 is 6.03 Å². The molecule has 7 heteroatoms. The lowest BCUT2D eigenvalue weighted by molar-refractivity contribution is -0.123. The molecule has 2 aliphatic rings. The van der Waals surface area contributed by atoms with Gasteiger partial charge in [0.2, 0.25) is 0 Å². The number of ether oxygens (including phenoxy) is 2. The van der Waals surface area contributed by atoms with Gasteiger partial charge < -0.3 is 14.8 Å². The fourth-order valence-corrected chi connectivity index (χ4v) is 3.29. The van der Waals surface area contributed by atoms with Gasteiger partial charge in [-0.25, -0.2) is 4.79 Å². The minimum absolute atomic E-state index is 0.0366. The minimum Gasteiger partial charge on any atom is -0.359 e. The quantitative estimate of drug-likeness (QED) is 0.452. The lowest BCUT2D eigenvalue weighted by Gasteiger charge is -2.24. The van der Waals surface area contributed by atoms with Gasteiger partial charge in [0.15, 0.2) is 0 Å². The summed E-state index contributed by atoms with van der Waals surface area (Å²) in [7, 11) is 1.57. The normalized spacial score (nSPS) is 27.4. The topological polar surface area (TPSA) is 79.9 Å². The Hall–Kier alpha value is -1.96. The SMILES string of the molecule is COCOC[C@@H]1C[C@]2(CN1Cc1ccccc1)NC(=O)NC2=O. The summed E-state index contributed by atoms with van der Waals surface area (Å²) in [4.78, 5) is 25.9. The van der Waals surface area contributed by atoms with Gasteiger partial charge in [-0.2, -0.15) is 0 Å². The van der Waals surface area contributed by atoms with Crippen LogP contribution in [-0.2, 0) is 20.8 Å². The average molecular weight is 319 g/mol. The summed E-state index contributed by atoms with van der Waals surface area (Å²) in [5.41, 5.74) is 0.304. The Balaban J connectivity index is 1.74.